The van der Waals surface area contributed by atoms with Crippen LogP contribution in [0.5, 0.6) is 0 Å². The van der Waals surface area contributed by atoms with Crippen molar-refractivity contribution in [2.75, 3.05) is 32.1 Å². The molecule has 35 heavy (non-hydrogen) atoms. The van der Waals surface area contributed by atoms with E-state index in [0.29, 0.717) is 30.5 Å². The Labute approximate surface area is 209 Å². The summed E-state index contributed by atoms with van der Waals surface area (Å²) in [5.74, 6) is -0.720. The summed E-state index contributed by atoms with van der Waals surface area (Å²) in [6, 6.07) is 7.21. The predicted molar refractivity (Wildman–Crippen MR) is 136 cm³/mol. The van der Waals surface area contributed by atoms with Crippen molar-refractivity contribution in [1.82, 2.24) is 15.1 Å². The number of rotatable bonds is 7. The number of likely N-dealkylation sites (tertiary alicyclic amines) is 2. The van der Waals surface area contributed by atoms with Gasteiger partial charge in [0, 0.05) is 37.3 Å². The molecule has 3 heterocycles. The summed E-state index contributed by atoms with van der Waals surface area (Å²) in [6.07, 6.45) is 1.01. The molecule has 3 amide bonds. The van der Waals surface area contributed by atoms with Gasteiger partial charge in [-0.25, -0.2) is 0 Å². The number of carbonyl (C=O) groups excluding carboxylic acids is 4. The largest absolute Gasteiger partial charge is 0.378 e. The summed E-state index contributed by atoms with van der Waals surface area (Å²) >= 11 is 1.43. The van der Waals surface area contributed by atoms with Crippen LogP contribution in [0.4, 0.5) is 5.69 Å². The Morgan fingerprint density at radius 2 is 1.80 bits per heavy atom. The van der Waals surface area contributed by atoms with Crippen LogP contribution in [0, 0.1) is 5.92 Å². The molecule has 0 saturated carbocycles. The molecule has 2 saturated heterocycles. The normalized spacial score (nSPS) is 20.2. The summed E-state index contributed by atoms with van der Waals surface area (Å²) in [5.41, 5.74) is 2.01. The third-order valence-corrected chi connectivity index (χ3v) is 7.37. The molecule has 2 aromatic rings. The summed E-state index contributed by atoms with van der Waals surface area (Å²) in [4.78, 5) is 57.6. The number of nitrogens with zero attached hydrogens (tertiary/aromatic N) is 3. The van der Waals surface area contributed by atoms with Gasteiger partial charge in [0.05, 0.1) is 18.2 Å². The van der Waals surface area contributed by atoms with Crippen molar-refractivity contribution in [3.8, 4) is 0 Å². The minimum absolute atomic E-state index is 0.00717. The van der Waals surface area contributed by atoms with Gasteiger partial charge in [-0.1, -0.05) is 13.8 Å². The van der Waals surface area contributed by atoms with Crippen LogP contribution < -0.4 is 10.2 Å². The van der Waals surface area contributed by atoms with E-state index in [1.165, 1.54) is 11.3 Å². The number of anilines is 1. The van der Waals surface area contributed by atoms with Crippen LogP contribution in [0.25, 0.3) is 0 Å². The number of hydrogen-bond donors (Lipinski definition) is 1. The van der Waals surface area contributed by atoms with E-state index in [9.17, 15) is 19.2 Å². The van der Waals surface area contributed by atoms with Crippen LogP contribution >= 0.6 is 11.3 Å². The van der Waals surface area contributed by atoms with E-state index < -0.39 is 12.1 Å². The van der Waals surface area contributed by atoms with Crippen LogP contribution in [-0.2, 0) is 9.59 Å². The summed E-state index contributed by atoms with van der Waals surface area (Å²) in [6.45, 7) is 4.38. The van der Waals surface area contributed by atoms with Gasteiger partial charge in [0.1, 0.15) is 12.1 Å². The van der Waals surface area contributed by atoms with Crippen LogP contribution in [0.1, 0.15) is 47.4 Å². The Kier molecular flexibility index (Phi) is 7.25. The maximum atomic E-state index is 13.6. The van der Waals surface area contributed by atoms with Gasteiger partial charge in [-0.2, -0.15) is 11.3 Å². The first-order valence-electron chi connectivity index (χ1n) is 11.9. The summed E-state index contributed by atoms with van der Waals surface area (Å²) in [5, 5.41) is 6.52. The molecule has 2 fully saturated rings. The van der Waals surface area contributed by atoms with Crippen molar-refractivity contribution in [2.45, 2.75) is 44.8 Å². The molecule has 3 atom stereocenters. The number of ketones is 1. The predicted octanol–water partition coefficient (Wildman–Crippen LogP) is 2.65. The van der Waals surface area contributed by atoms with Gasteiger partial charge in [-0.3, -0.25) is 19.2 Å². The van der Waals surface area contributed by atoms with Gasteiger partial charge in [-0.15, -0.1) is 0 Å². The average molecular weight is 497 g/mol. The second kappa shape index (κ2) is 10.2. The molecule has 186 valence electrons. The highest BCUT2D eigenvalue weighted by atomic mass is 32.1. The lowest BCUT2D eigenvalue weighted by atomic mass is 10.0. The molecule has 0 spiro atoms. The van der Waals surface area contributed by atoms with Crippen molar-refractivity contribution in [3.63, 3.8) is 0 Å². The number of amides is 3. The lowest BCUT2D eigenvalue weighted by Gasteiger charge is -2.29. The first-order chi connectivity index (χ1) is 16.7. The Morgan fingerprint density at radius 3 is 2.40 bits per heavy atom. The topological polar surface area (TPSA) is 90.0 Å². The summed E-state index contributed by atoms with van der Waals surface area (Å²) < 4.78 is 0. The highest BCUT2D eigenvalue weighted by Gasteiger charge is 2.52. The van der Waals surface area contributed by atoms with Crippen molar-refractivity contribution in [3.05, 3.63) is 52.2 Å². The fourth-order valence-corrected chi connectivity index (χ4v) is 5.57. The SMILES string of the molecule is CC(C)C[C@H](NC(=O)c1ccc(N(C)C)cc1)C(=O)N1CCC2C1C(=O)CN2C(=O)c1ccsc1. The minimum Gasteiger partial charge on any atom is -0.378 e. The lowest BCUT2D eigenvalue weighted by Crippen LogP contribution is -2.53. The van der Waals surface area contributed by atoms with Crippen LogP contribution in [0.3, 0.4) is 0 Å². The Morgan fingerprint density at radius 1 is 1.09 bits per heavy atom. The number of nitrogens with one attached hydrogen (secondary N) is 1. The summed E-state index contributed by atoms with van der Waals surface area (Å²) in [7, 11) is 3.85. The van der Waals surface area contributed by atoms with E-state index >= 15 is 0 Å². The highest BCUT2D eigenvalue weighted by molar-refractivity contribution is 7.08. The van der Waals surface area contributed by atoms with Gasteiger partial charge < -0.3 is 20.0 Å². The maximum absolute atomic E-state index is 13.6. The molecule has 0 radical (unpaired) electrons. The zero-order chi connectivity index (χ0) is 25.3. The lowest BCUT2D eigenvalue weighted by molar-refractivity contribution is -0.138. The van der Waals surface area contributed by atoms with Crippen molar-refractivity contribution in [1.29, 1.82) is 0 Å². The molecule has 2 unspecified atom stereocenters. The van der Waals surface area contributed by atoms with Gasteiger partial charge in [0.15, 0.2) is 5.78 Å². The molecular formula is C26H32N4O4S. The van der Waals surface area contributed by atoms with E-state index in [0.717, 1.165) is 5.69 Å². The van der Waals surface area contributed by atoms with E-state index in [1.807, 2.05) is 50.4 Å². The maximum Gasteiger partial charge on any atom is 0.255 e. The fourth-order valence-electron chi connectivity index (χ4n) is 4.94. The van der Waals surface area contributed by atoms with Gasteiger partial charge in [-0.05, 0) is 54.5 Å². The molecule has 0 bridgehead atoms. The van der Waals surface area contributed by atoms with E-state index in [2.05, 4.69) is 5.32 Å². The van der Waals surface area contributed by atoms with Crippen LogP contribution in [-0.4, -0.2) is 78.6 Å². The average Bonchev–Trinajstić information content (AvgIpc) is 3.56. The number of Topliss-reactive ketones (excluding diaryl/α,β-unsaturated/α-hetero) is 1. The third kappa shape index (κ3) is 5.10. The van der Waals surface area contributed by atoms with E-state index in [-0.39, 0.29) is 42.0 Å². The zero-order valence-electron chi connectivity index (χ0n) is 20.6. The fraction of sp³-hybridized carbons (Fsp3) is 0.462. The molecule has 8 nitrogen and oxygen atoms in total. The van der Waals surface area contributed by atoms with Gasteiger partial charge in [0.2, 0.25) is 5.91 Å². The molecular weight excluding hydrogens is 464 g/mol. The molecule has 2 aliphatic heterocycles. The van der Waals surface area contributed by atoms with E-state index in [1.54, 1.807) is 33.4 Å². The second-order valence-corrected chi connectivity index (χ2v) is 10.6. The smallest absolute Gasteiger partial charge is 0.255 e. The number of benzene rings is 1. The highest BCUT2D eigenvalue weighted by Crippen LogP contribution is 2.32. The molecule has 1 N–H and O–H groups in total. The Hall–Kier alpha value is -3.20. The van der Waals surface area contributed by atoms with Gasteiger partial charge >= 0.3 is 0 Å². The molecule has 9 heteroatoms. The third-order valence-electron chi connectivity index (χ3n) is 6.69. The van der Waals surface area contributed by atoms with Gasteiger partial charge in [0.25, 0.3) is 11.8 Å². The van der Waals surface area contributed by atoms with E-state index in [4.69, 9.17) is 0 Å². The van der Waals surface area contributed by atoms with Crippen LogP contribution in [0.15, 0.2) is 41.1 Å². The van der Waals surface area contributed by atoms with Crippen molar-refractivity contribution in [2.24, 2.45) is 5.92 Å². The number of hydrogen-bond acceptors (Lipinski definition) is 6. The molecule has 1 aromatic carbocycles. The molecule has 0 aliphatic carbocycles. The quantitative estimate of drug-likeness (QED) is 0.637. The number of fused-ring (bicyclic) bond motifs is 1. The van der Waals surface area contributed by atoms with Crippen LogP contribution in [0.2, 0.25) is 0 Å². The number of carbonyl (C=O) groups is 4. The van der Waals surface area contributed by atoms with Crippen molar-refractivity contribution >= 4 is 40.5 Å². The Balaban J connectivity index is 1.49. The first kappa shape index (κ1) is 24.9. The number of thiophene rings is 1. The zero-order valence-corrected chi connectivity index (χ0v) is 21.4. The molecule has 1 aromatic heterocycles. The minimum atomic E-state index is -0.746. The molecule has 2 aliphatic rings. The standard InChI is InChI=1S/C26H32N4O4S/c1-16(2)13-20(27-24(32)17-5-7-19(8-6-17)28(3)4)26(34)29-11-9-21-23(29)22(31)14-30(21)25(33)18-10-12-35-15-18/h5-8,10,12,15-16,20-21,23H,9,11,13-14H2,1-4H3,(H,27,32)/t20-,21?,23?/m0/s1. The second-order valence-electron chi connectivity index (χ2n) is 9.84. The van der Waals surface area contributed by atoms with Crippen molar-refractivity contribution < 1.29 is 19.2 Å². The molecule has 4 rings (SSSR count). The monoisotopic (exact) mass is 496 g/mol. The first-order valence-corrected chi connectivity index (χ1v) is 12.9. The Bertz CT molecular complexity index is 1100.